The molecule has 124 valence electrons. The van der Waals surface area contributed by atoms with Crippen LogP contribution in [0.4, 0.5) is 0 Å². The molecule has 5 nitrogen and oxygen atoms in total. The second-order valence-electron chi connectivity index (χ2n) is 6.41. The Labute approximate surface area is 137 Å². The molecule has 2 aromatic rings. The van der Waals surface area contributed by atoms with E-state index in [4.69, 9.17) is 10.5 Å². The Bertz CT molecular complexity index is 835. The van der Waals surface area contributed by atoms with E-state index in [0.29, 0.717) is 35.7 Å². The van der Waals surface area contributed by atoms with Gasteiger partial charge in [-0.1, -0.05) is 31.2 Å². The standard InChI is InChI=1S/C17H22N2O3S/c1-17(11-18)9-10-19(12-17)23(20,21)16-8-7-15(22-2)13-5-3-4-6-14(13)16/h3-8H,9-12,18H2,1-2H3. The topological polar surface area (TPSA) is 72.6 Å². The van der Waals surface area contributed by atoms with Gasteiger partial charge in [0, 0.05) is 23.9 Å². The average molecular weight is 334 g/mol. The number of nitrogens with two attached hydrogens (primary N) is 1. The third-order valence-electron chi connectivity index (χ3n) is 4.70. The van der Waals surface area contributed by atoms with Crippen LogP contribution in [0.3, 0.4) is 0 Å². The Morgan fingerprint density at radius 2 is 1.91 bits per heavy atom. The van der Waals surface area contributed by atoms with E-state index in [-0.39, 0.29) is 5.41 Å². The summed E-state index contributed by atoms with van der Waals surface area (Å²) in [5.41, 5.74) is 5.66. The summed E-state index contributed by atoms with van der Waals surface area (Å²) >= 11 is 0. The lowest BCUT2D eigenvalue weighted by Crippen LogP contribution is -2.34. The highest BCUT2D eigenvalue weighted by atomic mass is 32.2. The number of fused-ring (bicyclic) bond motifs is 1. The molecule has 1 atom stereocenters. The first-order valence-electron chi connectivity index (χ1n) is 7.67. The summed E-state index contributed by atoms with van der Waals surface area (Å²) in [5, 5.41) is 1.49. The minimum absolute atomic E-state index is 0.144. The van der Waals surface area contributed by atoms with Gasteiger partial charge >= 0.3 is 0 Å². The van der Waals surface area contributed by atoms with Crippen molar-refractivity contribution >= 4 is 20.8 Å². The third-order valence-corrected chi connectivity index (χ3v) is 6.60. The van der Waals surface area contributed by atoms with Gasteiger partial charge in [-0.2, -0.15) is 4.31 Å². The van der Waals surface area contributed by atoms with Crippen molar-refractivity contribution in [1.82, 2.24) is 4.31 Å². The van der Waals surface area contributed by atoms with E-state index >= 15 is 0 Å². The predicted octanol–water partition coefficient (Wildman–Crippen LogP) is 2.21. The second-order valence-corrected chi connectivity index (χ2v) is 8.32. The van der Waals surface area contributed by atoms with Crippen LogP contribution < -0.4 is 10.5 Å². The molecular weight excluding hydrogens is 312 g/mol. The molecule has 3 rings (SSSR count). The molecule has 0 aromatic heterocycles. The molecule has 2 aromatic carbocycles. The van der Waals surface area contributed by atoms with Gasteiger partial charge in [-0.25, -0.2) is 8.42 Å². The van der Waals surface area contributed by atoms with E-state index in [1.165, 1.54) is 0 Å². The largest absolute Gasteiger partial charge is 0.496 e. The Morgan fingerprint density at radius 3 is 2.52 bits per heavy atom. The lowest BCUT2D eigenvalue weighted by atomic mass is 9.90. The molecule has 0 aliphatic carbocycles. The summed E-state index contributed by atoms with van der Waals surface area (Å²) in [5.74, 6) is 0.674. The second kappa shape index (κ2) is 5.78. The first-order chi connectivity index (χ1) is 10.9. The molecule has 0 amide bonds. The van der Waals surface area contributed by atoms with Gasteiger partial charge < -0.3 is 10.5 Å². The van der Waals surface area contributed by atoms with Gasteiger partial charge in [-0.05, 0) is 30.5 Å². The van der Waals surface area contributed by atoms with Crippen LogP contribution in [-0.2, 0) is 10.0 Å². The van der Waals surface area contributed by atoms with Gasteiger partial charge in [0.1, 0.15) is 5.75 Å². The molecule has 6 heteroatoms. The van der Waals surface area contributed by atoms with Crippen LogP contribution in [0, 0.1) is 5.41 Å². The first kappa shape index (κ1) is 16.2. The van der Waals surface area contributed by atoms with Gasteiger partial charge in [-0.3, -0.25) is 0 Å². The quantitative estimate of drug-likeness (QED) is 0.930. The number of rotatable bonds is 4. The summed E-state index contributed by atoms with van der Waals surface area (Å²) in [6.07, 6.45) is 0.789. The number of nitrogens with zero attached hydrogens (tertiary/aromatic N) is 1. The fourth-order valence-electron chi connectivity index (χ4n) is 3.14. The van der Waals surface area contributed by atoms with Crippen molar-refractivity contribution in [3.8, 4) is 5.75 Å². The Morgan fingerprint density at radius 1 is 1.22 bits per heavy atom. The predicted molar refractivity (Wildman–Crippen MR) is 91.0 cm³/mol. The van der Waals surface area contributed by atoms with E-state index in [9.17, 15) is 8.42 Å². The van der Waals surface area contributed by atoms with Gasteiger partial charge in [0.25, 0.3) is 0 Å². The van der Waals surface area contributed by atoms with Crippen LogP contribution in [-0.4, -0.2) is 39.5 Å². The average Bonchev–Trinajstić information content (AvgIpc) is 2.97. The summed E-state index contributed by atoms with van der Waals surface area (Å²) in [6, 6.07) is 10.8. The van der Waals surface area contributed by atoms with E-state index in [1.807, 2.05) is 31.2 Å². The van der Waals surface area contributed by atoms with Crippen molar-refractivity contribution in [2.45, 2.75) is 18.2 Å². The van der Waals surface area contributed by atoms with E-state index in [1.54, 1.807) is 23.5 Å². The number of benzene rings is 2. The Kier molecular flexibility index (Phi) is 4.08. The zero-order chi connectivity index (χ0) is 16.7. The third kappa shape index (κ3) is 2.71. The van der Waals surface area contributed by atoms with Crippen molar-refractivity contribution in [1.29, 1.82) is 0 Å². The fourth-order valence-corrected chi connectivity index (χ4v) is 4.92. The van der Waals surface area contributed by atoms with Crippen LogP contribution in [0.1, 0.15) is 13.3 Å². The SMILES string of the molecule is COc1ccc(S(=O)(=O)N2CCC(C)(CN)C2)c2ccccc12. The van der Waals surface area contributed by atoms with Crippen LogP contribution in [0.25, 0.3) is 10.8 Å². The fraction of sp³-hybridized carbons (Fsp3) is 0.412. The Hall–Kier alpha value is -1.63. The summed E-state index contributed by atoms with van der Waals surface area (Å²) in [7, 11) is -1.96. The number of methoxy groups -OCH3 is 1. The van der Waals surface area contributed by atoms with Crippen LogP contribution in [0.2, 0.25) is 0 Å². The summed E-state index contributed by atoms with van der Waals surface area (Å²) in [6.45, 7) is 3.50. The zero-order valence-corrected chi connectivity index (χ0v) is 14.3. The molecule has 1 unspecified atom stereocenters. The summed E-state index contributed by atoms with van der Waals surface area (Å²) in [4.78, 5) is 0.329. The molecule has 1 heterocycles. The van der Waals surface area contributed by atoms with E-state index in [2.05, 4.69) is 0 Å². The van der Waals surface area contributed by atoms with Crippen molar-refractivity contribution in [2.75, 3.05) is 26.7 Å². The van der Waals surface area contributed by atoms with Crippen LogP contribution >= 0.6 is 0 Å². The zero-order valence-electron chi connectivity index (χ0n) is 13.5. The normalized spacial score (nSPS) is 22.6. The number of hydrogen-bond acceptors (Lipinski definition) is 4. The summed E-state index contributed by atoms with van der Waals surface area (Å²) < 4.78 is 33.1. The van der Waals surface area contributed by atoms with Gasteiger partial charge in [0.05, 0.1) is 12.0 Å². The number of sulfonamides is 1. The molecule has 1 aliphatic heterocycles. The highest BCUT2D eigenvalue weighted by molar-refractivity contribution is 7.89. The highest BCUT2D eigenvalue weighted by Crippen LogP contribution is 2.36. The highest BCUT2D eigenvalue weighted by Gasteiger charge is 2.39. The maximum atomic E-state index is 13.1. The molecule has 0 radical (unpaired) electrons. The van der Waals surface area contributed by atoms with E-state index < -0.39 is 10.0 Å². The molecular formula is C17H22N2O3S. The molecule has 0 saturated carbocycles. The van der Waals surface area contributed by atoms with E-state index in [0.717, 1.165) is 11.8 Å². The van der Waals surface area contributed by atoms with Gasteiger partial charge in [-0.15, -0.1) is 0 Å². The minimum Gasteiger partial charge on any atom is -0.496 e. The number of hydrogen-bond donors (Lipinski definition) is 1. The molecule has 1 fully saturated rings. The van der Waals surface area contributed by atoms with Crippen LogP contribution in [0.15, 0.2) is 41.3 Å². The Balaban J connectivity index is 2.10. The lowest BCUT2D eigenvalue weighted by molar-refractivity contribution is 0.350. The van der Waals surface area contributed by atoms with Crippen LogP contribution in [0.5, 0.6) is 5.75 Å². The molecule has 0 spiro atoms. The molecule has 2 N–H and O–H groups in total. The molecule has 1 saturated heterocycles. The van der Waals surface area contributed by atoms with Gasteiger partial charge in [0.15, 0.2) is 0 Å². The maximum Gasteiger partial charge on any atom is 0.243 e. The maximum absolute atomic E-state index is 13.1. The number of ether oxygens (including phenoxy) is 1. The lowest BCUT2D eigenvalue weighted by Gasteiger charge is -2.23. The van der Waals surface area contributed by atoms with Crippen molar-refractivity contribution in [3.05, 3.63) is 36.4 Å². The smallest absolute Gasteiger partial charge is 0.243 e. The monoisotopic (exact) mass is 334 g/mol. The molecule has 23 heavy (non-hydrogen) atoms. The van der Waals surface area contributed by atoms with Crippen molar-refractivity contribution in [2.24, 2.45) is 11.1 Å². The molecule has 0 bridgehead atoms. The minimum atomic E-state index is -3.55. The van der Waals surface area contributed by atoms with Crippen molar-refractivity contribution in [3.63, 3.8) is 0 Å². The van der Waals surface area contributed by atoms with Crippen molar-refractivity contribution < 1.29 is 13.2 Å². The van der Waals surface area contributed by atoms with Gasteiger partial charge in [0.2, 0.25) is 10.0 Å². The molecule has 1 aliphatic rings. The first-order valence-corrected chi connectivity index (χ1v) is 9.11.